The molecule has 3 heterocycles. The summed E-state index contributed by atoms with van der Waals surface area (Å²) in [5, 5.41) is 3.58. The Morgan fingerprint density at radius 3 is 2.65 bits per heavy atom. The van der Waals surface area contributed by atoms with E-state index in [0.717, 1.165) is 64.0 Å². The van der Waals surface area contributed by atoms with Crippen LogP contribution in [0.25, 0.3) is 0 Å². The van der Waals surface area contributed by atoms with Crippen LogP contribution in [-0.4, -0.2) is 85.6 Å². The van der Waals surface area contributed by atoms with Crippen molar-refractivity contribution in [3.05, 3.63) is 34.9 Å². The predicted octanol–water partition coefficient (Wildman–Crippen LogP) is 3.00. The van der Waals surface area contributed by atoms with Crippen LogP contribution in [0.15, 0.2) is 18.7 Å². The lowest BCUT2D eigenvalue weighted by atomic mass is 9.94. The zero-order valence-corrected chi connectivity index (χ0v) is 20.8. The molecule has 0 radical (unpaired) electrons. The van der Waals surface area contributed by atoms with Crippen LogP contribution in [0.2, 0.25) is 5.02 Å². The van der Waals surface area contributed by atoms with Gasteiger partial charge in [0.1, 0.15) is 5.75 Å². The number of urea groups is 1. The molecule has 0 atom stereocenters. The SMILES string of the molecule is C=CCN(C)C(=O)N1CCC(CN2CCC(NC(=O)c3cc(Cl)c(N)c4c3OCC4)CC2)CC1. The third kappa shape index (κ3) is 5.44. The maximum absolute atomic E-state index is 13.0. The van der Waals surface area contributed by atoms with Crippen LogP contribution in [0.3, 0.4) is 0 Å². The summed E-state index contributed by atoms with van der Waals surface area (Å²) in [4.78, 5) is 31.6. The number of carbonyl (C=O) groups is 2. The molecule has 3 amide bonds. The first-order chi connectivity index (χ1) is 16.4. The Kier molecular flexibility index (Phi) is 7.88. The van der Waals surface area contributed by atoms with E-state index in [2.05, 4.69) is 16.8 Å². The second-order valence-electron chi connectivity index (χ2n) is 9.66. The molecule has 0 unspecified atom stereocenters. The molecule has 3 N–H and O–H groups in total. The lowest BCUT2D eigenvalue weighted by Gasteiger charge is -2.38. The molecular formula is C25H36ClN5O3. The monoisotopic (exact) mass is 489 g/mol. The van der Waals surface area contributed by atoms with E-state index < -0.39 is 0 Å². The van der Waals surface area contributed by atoms with E-state index in [4.69, 9.17) is 22.1 Å². The third-order valence-electron chi connectivity index (χ3n) is 7.27. The molecule has 186 valence electrons. The molecule has 0 aromatic heterocycles. The number of nitrogens with two attached hydrogens (primary N) is 1. The van der Waals surface area contributed by atoms with Gasteiger partial charge in [-0.05, 0) is 37.7 Å². The van der Waals surface area contributed by atoms with E-state index in [-0.39, 0.29) is 18.0 Å². The Bertz CT molecular complexity index is 924. The van der Waals surface area contributed by atoms with Crippen LogP contribution in [0.5, 0.6) is 5.75 Å². The first kappa shape index (κ1) is 24.7. The van der Waals surface area contributed by atoms with Crippen molar-refractivity contribution in [2.24, 2.45) is 5.92 Å². The second kappa shape index (κ2) is 10.9. The first-order valence-corrected chi connectivity index (χ1v) is 12.6. The molecule has 9 heteroatoms. The third-order valence-corrected chi connectivity index (χ3v) is 7.58. The minimum atomic E-state index is -0.142. The fraction of sp³-hybridized carbons (Fsp3) is 0.600. The average Bonchev–Trinajstić information content (AvgIpc) is 3.33. The van der Waals surface area contributed by atoms with Crippen molar-refractivity contribution in [1.82, 2.24) is 20.0 Å². The number of nitrogen functional groups attached to an aromatic ring is 1. The van der Waals surface area contributed by atoms with Gasteiger partial charge < -0.3 is 30.5 Å². The van der Waals surface area contributed by atoms with Gasteiger partial charge in [0.25, 0.3) is 5.91 Å². The number of fused-ring (bicyclic) bond motifs is 1. The van der Waals surface area contributed by atoms with Gasteiger partial charge in [0.2, 0.25) is 0 Å². The summed E-state index contributed by atoms with van der Waals surface area (Å²) in [6.45, 7) is 9.41. The van der Waals surface area contributed by atoms with Gasteiger partial charge in [0.05, 0.1) is 22.9 Å². The standard InChI is InChI=1S/C25H36ClN5O3/c1-3-9-29(2)25(33)31-12-4-17(5-13-31)16-30-10-6-18(7-11-30)28-24(32)20-15-21(26)22(27)19-8-14-34-23(19)20/h3,15,17-18H,1,4-14,16,27H2,2H3,(H,28,32). The number of anilines is 1. The Labute approximate surface area is 207 Å². The van der Waals surface area contributed by atoms with Crippen LogP contribution >= 0.6 is 11.6 Å². The number of hydrogen-bond donors (Lipinski definition) is 2. The van der Waals surface area contributed by atoms with Crippen LogP contribution < -0.4 is 15.8 Å². The van der Waals surface area contributed by atoms with Crippen molar-refractivity contribution >= 4 is 29.2 Å². The number of likely N-dealkylation sites (tertiary alicyclic amines) is 2. The summed E-state index contributed by atoms with van der Waals surface area (Å²) < 4.78 is 5.69. The first-order valence-electron chi connectivity index (χ1n) is 12.2. The summed E-state index contributed by atoms with van der Waals surface area (Å²) in [6, 6.07) is 1.85. The van der Waals surface area contributed by atoms with Gasteiger partial charge >= 0.3 is 6.03 Å². The van der Waals surface area contributed by atoms with Crippen LogP contribution in [-0.2, 0) is 6.42 Å². The number of benzene rings is 1. The van der Waals surface area contributed by atoms with Crippen molar-refractivity contribution in [2.45, 2.75) is 38.1 Å². The number of likely N-dealkylation sites (N-methyl/N-ethyl adjacent to an activating group) is 1. The highest BCUT2D eigenvalue weighted by atomic mass is 35.5. The highest BCUT2D eigenvalue weighted by Gasteiger charge is 2.30. The molecule has 1 aromatic carbocycles. The van der Waals surface area contributed by atoms with Crippen LogP contribution in [0.4, 0.5) is 10.5 Å². The van der Waals surface area contributed by atoms with Gasteiger partial charge in [0, 0.05) is 64.3 Å². The summed E-state index contributed by atoms with van der Waals surface area (Å²) in [5.74, 6) is 1.05. The molecule has 1 aromatic rings. The van der Waals surface area contributed by atoms with Crippen molar-refractivity contribution < 1.29 is 14.3 Å². The lowest BCUT2D eigenvalue weighted by Crippen LogP contribution is -2.48. The van der Waals surface area contributed by atoms with E-state index in [1.807, 2.05) is 11.9 Å². The van der Waals surface area contributed by atoms with E-state index >= 15 is 0 Å². The van der Waals surface area contributed by atoms with Crippen LogP contribution in [0.1, 0.15) is 41.6 Å². The minimum absolute atomic E-state index is 0.0911. The zero-order valence-electron chi connectivity index (χ0n) is 20.0. The molecule has 0 bridgehead atoms. The summed E-state index contributed by atoms with van der Waals surface area (Å²) in [5.41, 5.74) is 7.89. The van der Waals surface area contributed by atoms with E-state index in [1.54, 1.807) is 17.0 Å². The summed E-state index contributed by atoms with van der Waals surface area (Å²) in [6.07, 6.45) is 6.34. The summed E-state index contributed by atoms with van der Waals surface area (Å²) >= 11 is 6.26. The van der Waals surface area contributed by atoms with Gasteiger partial charge in [0.15, 0.2) is 0 Å². The average molecular weight is 490 g/mol. The second-order valence-corrected chi connectivity index (χ2v) is 10.1. The summed E-state index contributed by atoms with van der Waals surface area (Å²) in [7, 11) is 1.82. The Morgan fingerprint density at radius 1 is 1.26 bits per heavy atom. The number of piperidine rings is 2. The molecule has 8 nitrogen and oxygen atoms in total. The van der Waals surface area contributed by atoms with Crippen molar-refractivity contribution in [2.75, 3.05) is 58.7 Å². The fourth-order valence-electron chi connectivity index (χ4n) is 5.24. The fourth-order valence-corrected chi connectivity index (χ4v) is 5.47. The Balaban J connectivity index is 1.22. The molecule has 3 aliphatic heterocycles. The van der Waals surface area contributed by atoms with Gasteiger partial charge in [-0.1, -0.05) is 17.7 Å². The number of hydrogen-bond acceptors (Lipinski definition) is 5. The Hall–Kier alpha value is -2.45. The molecular weight excluding hydrogens is 454 g/mol. The van der Waals surface area contributed by atoms with Crippen LogP contribution in [0, 0.1) is 5.92 Å². The number of carbonyl (C=O) groups excluding carboxylic acids is 2. The smallest absolute Gasteiger partial charge is 0.320 e. The molecule has 2 fully saturated rings. The highest BCUT2D eigenvalue weighted by Crippen LogP contribution is 2.38. The van der Waals surface area contributed by atoms with Gasteiger partial charge in [-0.25, -0.2) is 4.79 Å². The highest BCUT2D eigenvalue weighted by molar-refractivity contribution is 6.33. The molecule has 2 saturated heterocycles. The predicted molar refractivity (Wildman–Crippen MR) is 135 cm³/mol. The van der Waals surface area contributed by atoms with E-state index in [9.17, 15) is 9.59 Å². The van der Waals surface area contributed by atoms with Crippen molar-refractivity contribution in [3.63, 3.8) is 0 Å². The van der Waals surface area contributed by atoms with Gasteiger partial charge in [-0.2, -0.15) is 0 Å². The molecule has 0 spiro atoms. The van der Waals surface area contributed by atoms with E-state index in [1.165, 1.54) is 0 Å². The maximum Gasteiger partial charge on any atom is 0.320 e. The maximum atomic E-state index is 13.0. The zero-order chi connectivity index (χ0) is 24.2. The molecule has 0 saturated carbocycles. The quantitative estimate of drug-likeness (QED) is 0.473. The largest absolute Gasteiger partial charge is 0.492 e. The van der Waals surface area contributed by atoms with E-state index in [0.29, 0.717) is 47.5 Å². The van der Waals surface area contributed by atoms with Gasteiger partial charge in [-0.3, -0.25) is 4.79 Å². The molecule has 34 heavy (non-hydrogen) atoms. The minimum Gasteiger partial charge on any atom is -0.492 e. The normalized spacial score (nSPS) is 19.4. The van der Waals surface area contributed by atoms with Crippen molar-refractivity contribution in [1.29, 1.82) is 0 Å². The number of rotatable bonds is 6. The molecule has 3 aliphatic rings. The number of ether oxygens (including phenoxy) is 1. The Morgan fingerprint density at radius 2 is 1.97 bits per heavy atom. The number of halogens is 1. The lowest BCUT2D eigenvalue weighted by molar-refractivity contribution is 0.0887. The number of amides is 3. The topological polar surface area (TPSA) is 91.1 Å². The number of nitrogens with one attached hydrogen (secondary N) is 1. The molecule has 4 rings (SSSR count). The van der Waals surface area contributed by atoms with Gasteiger partial charge in [-0.15, -0.1) is 6.58 Å². The molecule has 0 aliphatic carbocycles. The number of nitrogens with zero attached hydrogens (tertiary/aromatic N) is 3. The van der Waals surface area contributed by atoms with Crippen molar-refractivity contribution in [3.8, 4) is 5.75 Å².